The van der Waals surface area contributed by atoms with Crippen LogP contribution in [-0.2, 0) is 11.2 Å². The first-order valence-electron chi connectivity index (χ1n) is 13.2. The Morgan fingerprint density at radius 3 is 2.47 bits per heavy atom. The quantitative estimate of drug-likeness (QED) is 0.151. The number of esters is 1. The minimum absolute atomic E-state index is 0.300. The van der Waals surface area contributed by atoms with Crippen molar-refractivity contribution < 1.29 is 14.3 Å². The number of nitrogens with zero attached hydrogens (tertiary/aromatic N) is 2. The number of benzene rings is 1. The van der Waals surface area contributed by atoms with E-state index < -0.39 is 5.60 Å². The Morgan fingerprint density at radius 2 is 1.83 bits per heavy atom. The Labute approximate surface area is 222 Å². The third kappa shape index (κ3) is 6.44. The number of unbranched alkanes of at least 4 members (excludes halogenated alkanes) is 3. The lowest BCUT2D eigenvalue weighted by Gasteiger charge is -2.39. The van der Waals surface area contributed by atoms with Gasteiger partial charge in [-0.25, -0.2) is 4.98 Å². The number of aryl methyl sites for hydroxylation is 2. The fraction of sp³-hybridized carbons (Fsp3) is 0.567. The number of hydrogen-bond donors (Lipinski definition) is 0. The Kier molecular flexibility index (Phi) is 9.15. The summed E-state index contributed by atoms with van der Waals surface area (Å²) in [5, 5.41) is 0. The van der Waals surface area contributed by atoms with E-state index in [0.29, 0.717) is 12.2 Å². The van der Waals surface area contributed by atoms with Gasteiger partial charge in [0.05, 0.1) is 4.99 Å². The standard InChI is InChI=1S/C30H42N2O3S/c1-9-10-11-12-15-32(26-17-19(2)16-20(3)31-26)27(36)18-30(8)14-13-25-23(6)28(34-24(7)33)21(4)22(5)29(25)35-30/h16-17H,9-15,18H2,1-8H3. The smallest absolute Gasteiger partial charge is 0.308 e. The normalized spacial score (nSPS) is 16.8. The molecule has 0 saturated heterocycles. The molecule has 1 aromatic heterocycles. The number of carbonyl (C=O) groups is 1. The van der Waals surface area contributed by atoms with Crippen molar-refractivity contribution in [2.75, 3.05) is 11.4 Å². The van der Waals surface area contributed by atoms with Crippen LogP contribution in [0.1, 0.15) is 92.8 Å². The number of aromatic nitrogens is 1. The van der Waals surface area contributed by atoms with Gasteiger partial charge in [0.15, 0.2) is 0 Å². The highest BCUT2D eigenvalue weighted by Gasteiger charge is 2.37. The van der Waals surface area contributed by atoms with Crippen molar-refractivity contribution in [1.82, 2.24) is 4.98 Å². The van der Waals surface area contributed by atoms with E-state index in [-0.39, 0.29) is 5.97 Å². The van der Waals surface area contributed by atoms with Crippen LogP contribution in [0.3, 0.4) is 0 Å². The lowest BCUT2D eigenvalue weighted by atomic mass is 9.85. The number of fused-ring (bicyclic) bond motifs is 1. The highest BCUT2D eigenvalue weighted by molar-refractivity contribution is 7.80. The minimum Gasteiger partial charge on any atom is -0.487 e. The van der Waals surface area contributed by atoms with Crippen LogP contribution >= 0.6 is 12.2 Å². The van der Waals surface area contributed by atoms with Crippen molar-refractivity contribution in [1.29, 1.82) is 0 Å². The zero-order valence-electron chi connectivity index (χ0n) is 23.3. The molecule has 6 heteroatoms. The molecule has 3 rings (SSSR count). The van der Waals surface area contributed by atoms with E-state index in [0.717, 1.165) is 70.3 Å². The monoisotopic (exact) mass is 510 g/mol. The highest BCUT2D eigenvalue weighted by Crippen LogP contribution is 2.45. The molecule has 0 N–H and O–H groups in total. The second kappa shape index (κ2) is 11.7. The Balaban J connectivity index is 1.87. The molecule has 0 saturated carbocycles. The Morgan fingerprint density at radius 1 is 1.11 bits per heavy atom. The maximum Gasteiger partial charge on any atom is 0.308 e. The number of hydrogen-bond acceptors (Lipinski definition) is 5. The van der Waals surface area contributed by atoms with Crippen molar-refractivity contribution in [2.45, 2.75) is 106 Å². The third-order valence-electron chi connectivity index (χ3n) is 7.23. The van der Waals surface area contributed by atoms with E-state index in [9.17, 15) is 4.79 Å². The van der Waals surface area contributed by atoms with Gasteiger partial charge in [0.25, 0.3) is 0 Å². The molecule has 0 fully saturated rings. The van der Waals surface area contributed by atoms with Gasteiger partial charge in [-0.15, -0.1) is 0 Å². The number of thiocarbonyl (C=S) groups is 1. The minimum atomic E-state index is -0.419. The molecule has 2 heterocycles. The van der Waals surface area contributed by atoms with Gasteiger partial charge in [0.2, 0.25) is 0 Å². The SMILES string of the molecule is CCCCCCN(C(=S)CC1(C)CCc2c(C)c(OC(C)=O)c(C)c(C)c2O1)c1cc(C)cc(C)n1. The topological polar surface area (TPSA) is 51.7 Å². The maximum atomic E-state index is 11.7. The Bertz CT molecular complexity index is 1120. The zero-order chi connectivity index (χ0) is 26.6. The van der Waals surface area contributed by atoms with E-state index in [2.05, 4.69) is 37.8 Å². The van der Waals surface area contributed by atoms with E-state index >= 15 is 0 Å². The van der Waals surface area contributed by atoms with Crippen molar-refractivity contribution in [3.8, 4) is 11.5 Å². The number of anilines is 1. The molecule has 196 valence electrons. The van der Waals surface area contributed by atoms with Gasteiger partial charge in [-0.1, -0.05) is 38.4 Å². The van der Waals surface area contributed by atoms with Crippen LogP contribution < -0.4 is 14.4 Å². The van der Waals surface area contributed by atoms with Crippen LogP contribution in [0.25, 0.3) is 0 Å². The largest absolute Gasteiger partial charge is 0.487 e. The second-order valence-corrected chi connectivity index (χ2v) is 11.1. The molecule has 0 bridgehead atoms. The first-order chi connectivity index (χ1) is 17.0. The summed E-state index contributed by atoms with van der Waals surface area (Å²) in [6, 6.07) is 4.23. The summed E-state index contributed by atoms with van der Waals surface area (Å²) >= 11 is 6.07. The Hall–Kier alpha value is -2.47. The average Bonchev–Trinajstić information content (AvgIpc) is 2.79. The third-order valence-corrected chi connectivity index (χ3v) is 7.60. The fourth-order valence-corrected chi connectivity index (χ4v) is 5.63. The van der Waals surface area contributed by atoms with Gasteiger partial charge in [0.1, 0.15) is 22.9 Å². The second-order valence-electron chi connectivity index (χ2n) is 10.6. The van der Waals surface area contributed by atoms with Gasteiger partial charge in [0, 0.05) is 31.1 Å². The molecule has 0 amide bonds. The molecule has 0 spiro atoms. The first kappa shape index (κ1) is 28.1. The van der Waals surface area contributed by atoms with Crippen molar-refractivity contribution >= 4 is 29.0 Å². The molecule has 0 radical (unpaired) electrons. The molecule has 2 aromatic rings. The van der Waals surface area contributed by atoms with Crippen LogP contribution in [-0.4, -0.2) is 28.1 Å². The van der Waals surface area contributed by atoms with Gasteiger partial charge < -0.3 is 14.4 Å². The van der Waals surface area contributed by atoms with Crippen LogP contribution in [0.15, 0.2) is 12.1 Å². The highest BCUT2D eigenvalue weighted by atomic mass is 32.1. The van der Waals surface area contributed by atoms with Crippen molar-refractivity contribution in [3.05, 3.63) is 45.6 Å². The summed E-state index contributed by atoms with van der Waals surface area (Å²) in [7, 11) is 0. The molecular weight excluding hydrogens is 468 g/mol. The van der Waals surface area contributed by atoms with Crippen molar-refractivity contribution in [3.63, 3.8) is 0 Å². The van der Waals surface area contributed by atoms with E-state index in [1.54, 1.807) is 0 Å². The number of ether oxygens (including phenoxy) is 2. The van der Waals surface area contributed by atoms with Crippen LogP contribution in [0.5, 0.6) is 11.5 Å². The maximum absolute atomic E-state index is 11.7. The molecule has 5 nitrogen and oxygen atoms in total. The molecule has 1 atom stereocenters. The lowest BCUT2D eigenvalue weighted by molar-refractivity contribution is -0.132. The predicted molar refractivity (Wildman–Crippen MR) is 152 cm³/mol. The number of pyridine rings is 1. The summed E-state index contributed by atoms with van der Waals surface area (Å²) in [5.41, 5.74) is 5.87. The summed E-state index contributed by atoms with van der Waals surface area (Å²) in [6.45, 7) is 16.9. The first-order valence-corrected chi connectivity index (χ1v) is 13.6. The van der Waals surface area contributed by atoms with Crippen LogP contribution in [0.4, 0.5) is 5.82 Å². The molecule has 36 heavy (non-hydrogen) atoms. The van der Waals surface area contributed by atoms with Gasteiger partial charge in [-0.2, -0.15) is 0 Å². The van der Waals surface area contributed by atoms with E-state index in [1.807, 2.05) is 27.7 Å². The molecule has 0 aliphatic carbocycles. The predicted octanol–water partition coefficient (Wildman–Crippen LogP) is 7.44. The van der Waals surface area contributed by atoms with Crippen LogP contribution in [0, 0.1) is 34.6 Å². The summed E-state index contributed by atoms with van der Waals surface area (Å²) < 4.78 is 12.3. The van der Waals surface area contributed by atoms with Gasteiger partial charge >= 0.3 is 5.97 Å². The zero-order valence-corrected chi connectivity index (χ0v) is 24.2. The molecule has 1 unspecified atom stereocenters. The molecule has 1 aromatic carbocycles. The van der Waals surface area contributed by atoms with Gasteiger partial charge in [-0.05, 0) is 95.2 Å². The van der Waals surface area contributed by atoms with Gasteiger partial charge in [-0.3, -0.25) is 4.79 Å². The van der Waals surface area contributed by atoms with Crippen molar-refractivity contribution in [2.24, 2.45) is 0 Å². The number of carbonyl (C=O) groups excluding carboxylic acids is 1. The lowest BCUT2D eigenvalue weighted by Crippen LogP contribution is -2.43. The summed E-state index contributed by atoms with van der Waals surface area (Å²) in [6.07, 6.45) is 7.04. The average molecular weight is 511 g/mol. The summed E-state index contributed by atoms with van der Waals surface area (Å²) in [4.78, 5) is 19.6. The summed E-state index contributed by atoms with van der Waals surface area (Å²) in [5.74, 6) is 2.21. The fourth-order valence-electron chi connectivity index (χ4n) is 5.14. The molecule has 1 aliphatic heterocycles. The van der Waals surface area contributed by atoms with Crippen LogP contribution in [0.2, 0.25) is 0 Å². The molecular formula is C30H42N2O3S. The van der Waals surface area contributed by atoms with E-state index in [4.69, 9.17) is 26.7 Å². The molecule has 1 aliphatic rings. The number of rotatable bonds is 9. The van der Waals surface area contributed by atoms with E-state index in [1.165, 1.54) is 31.7 Å².